The van der Waals surface area contributed by atoms with Gasteiger partial charge in [0.1, 0.15) is 12.1 Å². The van der Waals surface area contributed by atoms with Gasteiger partial charge in [0.2, 0.25) is 11.5 Å². The number of Topliss-reactive ketones (excluding diaryl/α,β-unsaturated/α-hetero) is 1. The first-order valence-electron chi connectivity index (χ1n) is 18.1. The van der Waals surface area contributed by atoms with E-state index in [4.69, 9.17) is 32.0 Å². The molecule has 0 saturated carbocycles. The number of anilines is 4. The van der Waals surface area contributed by atoms with Gasteiger partial charge in [-0.15, -0.1) is 5.10 Å². The summed E-state index contributed by atoms with van der Waals surface area (Å²) in [6.45, 7) is 8.00. The largest absolute Gasteiger partial charge is 0.399 e. The number of carbonyl (C=O) groups is 2. The van der Waals surface area contributed by atoms with Crippen LogP contribution in [0, 0.1) is 13.8 Å². The normalized spacial score (nSPS) is 15.7. The molecular weight excluding hydrogens is 811 g/mol. The van der Waals surface area contributed by atoms with Gasteiger partial charge >= 0.3 is 0 Å². The van der Waals surface area contributed by atoms with E-state index >= 15 is 0 Å². The third-order valence-corrected chi connectivity index (χ3v) is 10.7. The number of aryl methyl sites for hydroxylation is 3. The molecule has 17 nitrogen and oxygen atoms in total. The number of aromatic nitrogens is 1. The van der Waals surface area contributed by atoms with Gasteiger partial charge in [0.25, 0.3) is 26.1 Å². The molecule has 316 valence electrons. The summed E-state index contributed by atoms with van der Waals surface area (Å²) in [5.74, 6) is -0.779. The van der Waals surface area contributed by atoms with Gasteiger partial charge < -0.3 is 33.6 Å². The van der Waals surface area contributed by atoms with Crippen LogP contribution in [-0.2, 0) is 31.6 Å². The van der Waals surface area contributed by atoms with Crippen molar-refractivity contribution in [1.82, 2.24) is 10.7 Å². The Labute approximate surface area is 348 Å². The highest BCUT2D eigenvalue weighted by Crippen LogP contribution is 2.28. The zero-order valence-corrected chi connectivity index (χ0v) is 34.8. The van der Waals surface area contributed by atoms with E-state index in [0.29, 0.717) is 16.9 Å². The Kier molecular flexibility index (Phi) is 14.8. The Bertz CT molecular complexity index is 2590. The Morgan fingerprint density at radius 1 is 0.800 bits per heavy atom. The minimum atomic E-state index is -4.02. The maximum Gasteiger partial charge on any atom is 0.294 e. The van der Waals surface area contributed by atoms with E-state index < -0.39 is 31.8 Å². The van der Waals surface area contributed by atoms with Crippen LogP contribution >= 0.6 is 0 Å². The standard InChI is InChI=1S/C27H31N9O2.2C7H8O3S/c1-3-36-13-10-23(21-14-17(28)4-7-24(21)36)32-19-5-6-20(22(29)15-19)25(38)33-18-8-11-27(12-9-18,16(2)37)35-34-26(30)31;2*1-6-2-4-7(5-3-6)11(8,9)10/h4-15,18,35H,3,28H2,1-2H3,(H7,29,30,31,33,34,38);2*2-5H,1H3,(H,8,9,10)/p+1. The minimum Gasteiger partial charge on any atom is -0.399 e. The summed E-state index contributed by atoms with van der Waals surface area (Å²) in [6.07, 6.45) is 8.56. The van der Waals surface area contributed by atoms with Crippen LogP contribution < -0.4 is 43.6 Å². The van der Waals surface area contributed by atoms with E-state index in [-0.39, 0.29) is 27.4 Å². The lowest BCUT2D eigenvalue weighted by molar-refractivity contribution is -0.667. The molecule has 13 N–H and O–H groups in total. The van der Waals surface area contributed by atoms with E-state index in [2.05, 4.69) is 32.7 Å². The number of guanidine groups is 1. The van der Waals surface area contributed by atoms with Crippen molar-refractivity contribution in [3.05, 3.63) is 138 Å². The monoisotopic (exact) mass is 858 g/mol. The predicted molar refractivity (Wildman–Crippen MR) is 232 cm³/mol. The molecule has 5 aromatic rings. The van der Waals surface area contributed by atoms with E-state index in [0.717, 1.165) is 39.9 Å². The quantitative estimate of drug-likeness (QED) is 0.0183. The van der Waals surface area contributed by atoms with Crippen molar-refractivity contribution < 1.29 is 40.1 Å². The number of rotatable bonds is 10. The smallest absolute Gasteiger partial charge is 0.294 e. The number of carbonyl (C=O) groups excluding carboxylic acids is 2. The Hall–Kier alpha value is -6.80. The van der Waals surface area contributed by atoms with Crippen molar-refractivity contribution in [3.8, 4) is 0 Å². The van der Waals surface area contributed by atoms with Crippen molar-refractivity contribution in [1.29, 1.82) is 0 Å². The fourth-order valence-electron chi connectivity index (χ4n) is 5.66. The van der Waals surface area contributed by atoms with Gasteiger partial charge in [-0.05, 0) is 94.4 Å². The van der Waals surface area contributed by atoms with Crippen LogP contribution in [0.4, 0.5) is 22.7 Å². The van der Waals surface area contributed by atoms with Crippen molar-refractivity contribution in [2.24, 2.45) is 16.6 Å². The van der Waals surface area contributed by atoms with E-state index in [1.165, 1.54) is 31.2 Å². The van der Waals surface area contributed by atoms with Crippen LogP contribution in [-0.4, -0.2) is 55.2 Å². The molecule has 0 atom stereocenters. The van der Waals surface area contributed by atoms with Crippen LogP contribution in [0.3, 0.4) is 0 Å². The minimum absolute atomic E-state index is 0.0666. The van der Waals surface area contributed by atoms with E-state index in [1.807, 2.05) is 44.3 Å². The molecule has 0 aliphatic heterocycles. The number of hydrogen-bond acceptors (Lipinski definition) is 11. The van der Waals surface area contributed by atoms with Crippen LogP contribution in [0.15, 0.2) is 136 Å². The summed E-state index contributed by atoms with van der Waals surface area (Å²) in [5, 5.41) is 11.0. The molecule has 1 aromatic heterocycles. The predicted octanol–water partition coefficient (Wildman–Crippen LogP) is 3.87. The summed E-state index contributed by atoms with van der Waals surface area (Å²) in [4.78, 5) is 25.0. The second-order valence-corrected chi connectivity index (χ2v) is 16.4. The number of benzene rings is 4. The summed E-state index contributed by atoms with van der Waals surface area (Å²) < 4.78 is 61.2. The third-order valence-electron chi connectivity index (χ3n) is 8.98. The van der Waals surface area contributed by atoms with Crippen molar-refractivity contribution >= 4 is 71.5 Å². The van der Waals surface area contributed by atoms with Crippen LogP contribution in [0.25, 0.3) is 10.9 Å². The fraction of sp³-hybridized carbons (Fsp3) is 0.171. The average Bonchev–Trinajstić information content (AvgIpc) is 3.18. The zero-order valence-electron chi connectivity index (χ0n) is 33.2. The van der Waals surface area contributed by atoms with E-state index in [1.54, 1.807) is 66.8 Å². The number of fused-ring (bicyclic) bond motifs is 1. The summed E-state index contributed by atoms with van der Waals surface area (Å²) in [5.41, 5.74) is 30.4. The first kappa shape index (κ1) is 45.9. The molecule has 1 heterocycles. The number of nitrogen functional groups attached to an aromatic ring is 2. The van der Waals surface area contributed by atoms with Crippen molar-refractivity contribution in [3.63, 3.8) is 0 Å². The maximum atomic E-state index is 13.0. The van der Waals surface area contributed by atoms with Crippen LogP contribution in [0.1, 0.15) is 35.3 Å². The van der Waals surface area contributed by atoms with Gasteiger partial charge in [-0.2, -0.15) is 21.4 Å². The molecular formula is C41H48N9O8S2+. The highest BCUT2D eigenvalue weighted by Gasteiger charge is 2.32. The second kappa shape index (κ2) is 19.3. The number of hydrogen-bond donors (Lipinski definition) is 9. The van der Waals surface area contributed by atoms with Gasteiger partial charge in [0.15, 0.2) is 12.0 Å². The van der Waals surface area contributed by atoms with Gasteiger partial charge in [0, 0.05) is 29.2 Å². The lowest BCUT2D eigenvalue weighted by Crippen LogP contribution is -2.49. The van der Waals surface area contributed by atoms with Gasteiger partial charge in [-0.25, -0.2) is 0 Å². The summed E-state index contributed by atoms with van der Waals surface area (Å²) >= 11 is 0. The van der Waals surface area contributed by atoms with Gasteiger partial charge in [0.05, 0.1) is 32.5 Å². The van der Waals surface area contributed by atoms with Crippen LogP contribution in [0.2, 0.25) is 0 Å². The number of pyridine rings is 1. The van der Waals surface area contributed by atoms with Gasteiger partial charge in [-0.1, -0.05) is 47.5 Å². The molecule has 0 spiro atoms. The lowest BCUT2D eigenvalue weighted by atomic mass is 9.89. The zero-order chi connectivity index (χ0) is 44.4. The molecule has 0 fully saturated rings. The number of amides is 1. The Morgan fingerprint density at radius 3 is 1.82 bits per heavy atom. The van der Waals surface area contributed by atoms with E-state index in [9.17, 15) is 26.4 Å². The number of nitrogens with zero attached hydrogens (tertiary/aromatic N) is 2. The molecule has 1 aliphatic carbocycles. The molecule has 19 heteroatoms. The number of ketones is 1. The first-order valence-corrected chi connectivity index (χ1v) is 21.0. The molecule has 0 unspecified atom stereocenters. The fourth-order valence-corrected chi connectivity index (χ4v) is 6.62. The number of nitrogens with one attached hydrogen (secondary N) is 3. The van der Waals surface area contributed by atoms with Crippen molar-refractivity contribution in [2.45, 2.75) is 55.6 Å². The SMILES string of the molecule is CC[n+]1ccc(Nc2ccc(C(=O)NC3C=CC(NN=C(N)N)(C(C)=O)C=C3)c(N)c2)c2cc(N)ccc21.Cc1ccc(S(=O)(=O)O)cc1.Cc1ccc(S(=O)(=O)O)cc1. The Morgan fingerprint density at radius 2 is 1.35 bits per heavy atom. The maximum absolute atomic E-state index is 13.0. The second-order valence-electron chi connectivity index (χ2n) is 13.6. The molecule has 1 aliphatic rings. The molecule has 6 rings (SSSR count). The highest BCUT2D eigenvalue weighted by atomic mass is 32.2. The number of hydrazone groups is 1. The number of nitrogens with two attached hydrogens (primary N) is 4. The van der Waals surface area contributed by atoms with Crippen molar-refractivity contribution in [2.75, 3.05) is 16.8 Å². The first-order chi connectivity index (χ1) is 28.1. The third kappa shape index (κ3) is 12.4. The molecule has 0 bridgehead atoms. The molecule has 1 amide bonds. The molecule has 60 heavy (non-hydrogen) atoms. The van der Waals surface area contributed by atoms with Gasteiger partial charge in [-0.3, -0.25) is 24.1 Å². The molecule has 4 aromatic carbocycles. The molecule has 0 radical (unpaired) electrons. The van der Waals surface area contributed by atoms with Crippen LogP contribution in [0.5, 0.6) is 0 Å². The lowest BCUT2D eigenvalue weighted by Gasteiger charge is -2.28. The molecule has 0 saturated heterocycles. The summed E-state index contributed by atoms with van der Waals surface area (Å²) in [7, 11) is -8.04. The average molecular weight is 859 g/mol. The Balaban J connectivity index is 0.000000291. The summed E-state index contributed by atoms with van der Waals surface area (Å²) in [6, 6.07) is 24.4. The highest BCUT2D eigenvalue weighted by molar-refractivity contribution is 7.86. The topological polar surface area (TPSA) is 299 Å².